The number of rotatable bonds is 4. The summed E-state index contributed by atoms with van der Waals surface area (Å²) in [5.74, 6) is -0.583. The molecule has 2 aromatic rings. The van der Waals surface area contributed by atoms with Gasteiger partial charge < -0.3 is 9.88 Å². The molecule has 0 aliphatic carbocycles. The number of hydrogen-bond acceptors (Lipinski definition) is 1. The highest BCUT2D eigenvalue weighted by Crippen LogP contribution is 2.27. The third kappa shape index (κ3) is 2.79. The van der Waals surface area contributed by atoms with Crippen molar-refractivity contribution in [2.45, 2.75) is 20.0 Å². The zero-order valence-electron chi connectivity index (χ0n) is 9.88. The van der Waals surface area contributed by atoms with Crippen molar-refractivity contribution < 1.29 is 4.39 Å². The van der Waals surface area contributed by atoms with Gasteiger partial charge >= 0.3 is 0 Å². The Balaban J connectivity index is 2.11. The van der Waals surface area contributed by atoms with E-state index in [-0.39, 0.29) is 10.0 Å². The lowest BCUT2D eigenvalue weighted by Gasteiger charge is -2.10. The molecule has 0 aliphatic rings. The van der Waals surface area contributed by atoms with Gasteiger partial charge in [-0.3, -0.25) is 0 Å². The molecule has 0 spiro atoms. The third-order valence-corrected chi connectivity index (χ3v) is 3.27. The molecular weight excluding hydrogens is 274 g/mol. The Hall–Kier alpha value is -1.19. The second-order valence-electron chi connectivity index (χ2n) is 3.89. The van der Waals surface area contributed by atoms with Crippen LogP contribution >= 0.6 is 23.2 Å². The molecule has 0 fully saturated rings. The molecule has 0 aliphatic heterocycles. The third-order valence-electron chi connectivity index (χ3n) is 2.72. The lowest BCUT2D eigenvalue weighted by molar-refractivity contribution is 0.629. The molecule has 0 unspecified atom stereocenters. The van der Waals surface area contributed by atoms with E-state index in [0.717, 1.165) is 12.2 Å². The Morgan fingerprint density at radius 2 is 1.94 bits per heavy atom. The van der Waals surface area contributed by atoms with Crippen LogP contribution in [0, 0.1) is 5.82 Å². The van der Waals surface area contributed by atoms with Gasteiger partial charge in [0, 0.05) is 24.1 Å². The maximum absolute atomic E-state index is 13.2. The van der Waals surface area contributed by atoms with Crippen LogP contribution in [-0.4, -0.2) is 4.57 Å². The molecule has 0 atom stereocenters. The molecule has 0 bridgehead atoms. The highest BCUT2D eigenvalue weighted by molar-refractivity contribution is 6.35. The van der Waals surface area contributed by atoms with E-state index in [0.29, 0.717) is 12.2 Å². The van der Waals surface area contributed by atoms with Crippen LogP contribution in [-0.2, 0) is 13.1 Å². The zero-order valence-corrected chi connectivity index (χ0v) is 11.4. The maximum Gasteiger partial charge on any atom is 0.160 e. The van der Waals surface area contributed by atoms with Gasteiger partial charge in [-0.25, -0.2) is 4.39 Å². The fourth-order valence-electron chi connectivity index (χ4n) is 1.77. The number of aryl methyl sites for hydroxylation is 1. The van der Waals surface area contributed by atoms with E-state index >= 15 is 0 Å². The molecule has 18 heavy (non-hydrogen) atoms. The van der Waals surface area contributed by atoms with Crippen LogP contribution in [0.2, 0.25) is 10.0 Å². The van der Waals surface area contributed by atoms with Crippen molar-refractivity contribution in [3.05, 3.63) is 52.0 Å². The van der Waals surface area contributed by atoms with Crippen LogP contribution in [0.5, 0.6) is 0 Å². The summed E-state index contributed by atoms with van der Waals surface area (Å²) in [6.07, 6.45) is 2.02. The fourth-order valence-corrected chi connectivity index (χ4v) is 2.26. The zero-order chi connectivity index (χ0) is 13.1. The van der Waals surface area contributed by atoms with Gasteiger partial charge in [-0.05, 0) is 31.2 Å². The summed E-state index contributed by atoms with van der Waals surface area (Å²) in [4.78, 5) is 0. The molecule has 1 aromatic heterocycles. The molecule has 0 radical (unpaired) electrons. The topological polar surface area (TPSA) is 17.0 Å². The Bertz CT molecular complexity index is 529. The molecule has 1 aromatic carbocycles. The smallest absolute Gasteiger partial charge is 0.160 e. The highest BCUT2D eigenvalue weighted by atomic mass is 35.5. The first-order chi connectivity index (χ1) is 8.61. The minimum Gasteiger partial charge on any atom is -0.379 e. The molecule has 1 heterocycles. The number of anilines is 1. The van der Waals surface area contributed by atoms with Crippen molar-refractivity contribution in [3.8, 4) is 0 Å². The minimum absolute atomic E-state index is 0.0240. The van der Waals surface area contributed by atoms with Crippen LogP contribution in [0.1, 0.15) is 12.6 Å². The van der Waals surface area contributed by atoms with E-state index in [1.54, 1.807) is 0 Å². The summed E-state index contributed by atoms with van der Waals surface area (Å²) in [6.45, 7) is 3.63. The quantitative estimate of drug-likeness (QED) is 0.815. The molecular formula is C13H13Cl2FN2. The Kier molecular flexibility index (Phi) is 4.15. The second-order valence-corrected chi connectivity index (χ2v) is 4.71. The van der Waals surface area contributed by atoms with Crippen LogP contribution < -0.4 is 5.32 Å². The monoisotopic (exact) mass is 286 g/mol. The summed E-state index contributed by atoms with van der Waals surface area (Å²) >= 11 is 11.5. The number of hydrogen-bond donors (Lipinski definition) is 1. The molecule has 0 amide bonds. The number of benzene rings is 1. The number of nitrogens with zero attached hydrogens (tertiary/aromatic N) is 1. The van der Waals surface area contributed by atoms with Crippen LogP contribution in [0.15, 0.2) is 30.5 Å². The predicted octanol–water partition coefficient (Wildman–Crippen LogP) is 4.57. The van der Waals surface area contributed by atoms with Gasteiger partial charge in [0.05, 0.1) is 16.6 Å². The van der Waals surface area contributed by atoms with E-state index in [9.17, 15) is 4.39 Å². The molecule has 2 nitrogen and oxygen atoms in total. The first kappa shape index (κ1) is 13.2. The summed E-state index contributed by atoms with van der Waals surface area (Å²) in [7, 11) is 0. The molecule has 2 rings (SSSR count). The van der Waals surface area contributed by atoms with Crippen molar-refractivity contribution >= 4 is 28.9 Å². The van der Waals surface area contributed by atoms with Crippen LogP contribution in [0.4, 0.5) is 10.1 Å². The van der Waals surface area contributed by atoms with Gasteiger partial charge in [0.2, 0.25) is 0 Å². The van der Waals surface area contributed by atoms with Gasteiger partial charge in [0.15, 0.2) is 5.82 Å². The van der Waals surface area contributed by atoms with E-state index in [2.05, 4.69) is 16.8 Å². The Morgan fingerprint density at radius 3 is 2.56 bits per heavy atom. The van der Waals surface area contributed by atoms with E-state index in [1.165, 1.54) is 12.1 Å². The van der Waals surface area contributed by atoms with Gasteiger partial charge in [-0.2, -0.15) is 0 Å². The second kappa shape index (κ2) is 5.63. The Labute approximate surface area is 115 Å². The maximum atomic E-state index is 13.2. The van der Waals surface area contributed by atoms with E-state index < -0.39 is 5.82 Å². The average molecular weight is 287 g/mol. The average Bonchev–Trinajstić information content (AvgIpc) is 2.80. The lowest BCUT2D eigenvalue weighted by atomic mass is 10.3. The van der Waals surface area contributed by atoms with Gasteiger partial charge in [0.1, 0.15) is 0 Å². The van der Waals surface area contributed by atoms with Crippen molar-refractivity contribution in [2.24, 2.45) is 0 Å². The van der Waals surface area contributed by atoms with Crippen LogP contribution in [0.3, 0.4) is 0 Å². The summed E-state index contributed by atoms with van der Waals surface area (Å²) in [5, 5.41) is 3.22. The summed E-state index contributed by atoms with van der Waals surface area (Å²) < 4.78 is 15.4. The minimum atomic E-state index is -0.583. The van der Waals surface area contributed by atoms with Crippen molar-refractivity contribution in [1.82, 2.24) is 4.57 Å². The first-order valence-electron chi connectivity index (χ1n) is 5.64. The van der Waals surface area contributed by atoms with Gasteiger partial charge in [0.25, 0.3) is 0 Å². The standard InChI is InChI=1S/C13H13Cl2FN2/c1-2-18-5-3-4-10(18)8-17-9-6-11(14)13(16)12(15)7-9/h3-7,17H,2,8H2,1H3. The summed E-state index contributed by atoms with van der Waals surface area (Å²) in [6, 6.07) is 7.08. The van der Waals surface area contributed by atoms with E-state index in [4.69, 9.17) is 23.2 Å². The SMILES string of the molecule is CCn1cccc1CNc1cc(Cl)c(F)c(Cl)c1. The number of aromatic nitrogens is 1. The predicted molar refractivity (Wildman–Crippen MR) is 73.9 cm³/mol. The lowest BCUT2D eigenvalue weighted by Crippen LogP contribution is -2.06. The molecule has 96 valence electrons. The van der Waals surface area contributed by atoms with Gasteiger partial charge in [-0.15, -0.1) is 0 Å². The molecule has 1 N–H and O–H groups in total. The molecule has 0 saturated heterocycles. The normalized spacial score (nSPS) is 10.7. The largest absolute Gasteiger partial charge is 0.379 e. The molecule has 5 heteroatoms. The Morgan fingerprint density at radius 1 is 1.28 bits per heavy atom. The van der Waals surface area contributed by atoms with Crippen molar-refractivity contribution in [1.29, 1.82) is 0 Å². The fraction of sp³-hybridized carbons (Fsp3) is 0.231. The van der Waals surface area contributed by atoms with Crippen molar-refractivity contribution in [3.63, 3.8) is 0 Å². The highest BCUT2D eigenvalue weighted by Gasteiger charge is 2.07. The van der Waals surface area contributed by atoms with Crippen molar-refractivity contribution in [2.75, 3.05) is 5.32 Å². The van der Waals surface area contributed by atoms with Gasteiger partial charge in [-0.1, -0.05) is 23.2 Å². The van der Waals surface area contributed by atoms with E-state index in [1.807, 2.05) is 18.3 Å². The summed E-state index contributed by atoms with van der Waals surface area (Å²) in [5.41, 5.74) is 1.85. The first-order valence-corrected chi connectivity index (χ1v) is 6.40. The number of halogens is 3. The molecule has 0 saturated carbocycles. The number of nitrogens with one attached hydrogen (secondary N) is 1. The van der Waals surface area contributed by atoms with Crippen LogP contribution in [0.25, 0.3) is 0 Å².